The van der Waals surface area contributed by atoms with Crippen LogP contribution in [-0.4, -0.2) is 53.6 Å². The van der Waals surface area contributed by atoms with Gasteiger partial charge in [0.15, 0.2) is 0 Å². The van der Waals surface area contributed by atoms with Crippen LogP contribution in [0.15, 0.2) is 76.6 Å². The summed E-state index contributed by atoms with van der Waals surface area (Å²) in [5, 5.41) is 27.4. The molecule has 0 spiro atoms. The molecule has 3 atom stereocenters. The maximum absolute atomic E-state index is 12.6. The van der Waals surface area contributed by atoms with Crippen molar-refractivity contribution < 1.29 is 19.7 Å². The van der Waals surface area contributed by atoms with E-state index in [4.69, 9.17) is 9.47 Å². The Labute approximate surface area is 192 Å². The number of benzene rings is 2. The maximum Gasteiger partial charge on any atom is 0.330 e. The molecule has 0 saturated carbocycles. The molecule has 0 radical (unpaired) electrons. The number of H-pyrrole nitrogens is 1. The molecule has 34 heavy (non-hydrogen) atoms. The highest BCUT2D eigenvalue weighted by Crippen LogP contribution is 2.28. The Kier molecular flexibility index (Phi) is 5.80. The molecular weight excluding hydrogens is 442 g/mol. The normalized spacial score (nSPS) is 19.9. The number of aliphatic hydroxyl groups is 2. The zero-order valence-corrected chi connectivity index (χ0v) is 17.8. The average molecular weight is 463 g/mol. The van der Waals surface area contributed by atoms with Crippen molar-refractivity contribution in [3.05, 3.63) is 87.8 Å². The molecule has 1 saturated heterocycles. The quantitative estimate of drug-likeness (QED) is 0.387. The molecule has 2 aromatic carbocycles. The van der Waals surface area contributed by atoms with Crippen molar-refractivity contribution in [2.45, 2.75) is 24.9 Å². The van der Waals surface area contributed by atoms with Crippen LogP contribution < -0.4 is 16.0 Å². The van der Waals surface area contributed by atoms with Crippen LogP contribution >= 0.6 is 0 Å². The third-order valence-corrected chi connectivity index (χ3v) is 5.55. The third kappa shape index (κ3) is 4.15. The topological polar surface area (TPSA) is 144 Å². The van der Waals surface area contributed by atoms with Crippen molar-refractivity contribution >= 4 is 0 Å². The van der Waals surface area contributed by atoms with Crippen LogP contribution in [0.25, 0.3) is 16.9 Å². The molecule has 0 amide bonds. The zero-order chi connectivity index (χ0) is 23.7. The second-order valence-corrected chi connectivity index (χ2v) is 7.76. The minimum absolute atomic E-state index is 0.0943. The predicted molar refractivity (Wildman–Crippen MR) is 120 cm³/mol. The van der Waals surface area contributed by atoms with E-state index in [9.17, 15) is 19.8 Å². The predicted octanol–water partition coefficient (Wildman–Crippen LogP) is 1.22. The number of aromatic amines is 1. The van der Waals surface area contributed by atoms with E-state index in [1.165, 1.54) is 21.6 Å². The van der Waals surface area contributed by atoms with E-state index in [-0.39, 0.29) is 18.6 Å². The van der Waals surface area contributed by atoms with Crippen LogP contribution in [0.4, 0.5) is 0 Å². The molecule has 1 aliphatic rings. The Morgan fingerprint density at radius 2 is 1.82 bits per heavy atom. The fourth-order valence-corrected chi connectivity index (χ4v) is 3.82. The lowest BCUT2D eigenvalue weighted by atomic mass is 10.2. The van der Waals surface area contributed by atoms with Crippen LogP contribution in [0.1, 0.15) is 12.6 Å². The summed E-state index contributed by atoms with van der Waals surface area (Å²) < 4.78 is 14.0. The van der Waals surface area contributed by atoms with Gasteiger partial charge in [0.1, 0.15) is 29.5 Å². The number of para-hydroxylation sites is 1. The maximum atomic E-state index is 12.6. The summed E-state index contributed by atoms with van der Waals surface area (Å²) in [5.41, 5.74) is -0.196. The number of nitrogens with zero attached hydrogens (tertiary/aromatic N) is 4. The van der Waals surface area contributed by atoms with Crippen LogP contribution in [0.5, 0.6) is 11.5 Å². The van der Waals surface area contributed by atoms with Gasteiger partial charge in [-0.1, -0.05) is 23.4 Å². The second kappa shape index (κ2) is 9.06. The first-order valence-corrected chi connectivity index (χ1v) is 10.6. The molecule has 11 nitrogen and oxygen atoms in total. The van der Waals surface area contributed by atoms with Crippen molar-refractivity contribution in [1.29, 1.82) is 0 Å². The molecule has 3 unspecified atom stereocenters. The Morgan fingerprint density at radius 3 is 2.53 bits per heavy atom. The minimum atomic E-state index is -0.930. The summed E-state index contributed by atoms with van der Waals surface area (Å²) in [6, 6.07) is 16.4. The molecule has 0 bridgehead atoms. The van der Waals surface area contributed by atoms with E-state index < -0.39 is 29.7 Å². The lowest BCUT2D eigenvalue weighted by Gasteiger charge is -2.15. The van der Waals surface area contributed by atoms with E-state index in [0.29, 0.717) is 22.9 Å². The highest BCUT2D eigenvalue weighted by molar-refractivity contribution is 5.59. The van der Waals surface area contributed by atoms with Crippen molar-refractivity contribution in [1.82, 2.24) is 24.5 Å². The standard InChI is InChI=1S/C23H21N5O6/c29-13-20-19(30)10-21(34-20)27-12-17(22(31)25-23(27)32)18-11-24-26-28(18)14-6-8-16(9-7-14)33-15-4-2-1-3-5-15/h1-9,11-12,19-21,29-30H,10,13H2,(H,25,31,32). The Hall–Kier alpha value is -4.06. The van der Waals surface area contributed by atoms with Gasteiger partial charge >= 0.3 is 5.69 Å². The summed E-state index contributed by atoms with van der Waals surface area (Å²) in [4.78, 5) is 27.3. The molecule has 1 aliphatic heterocycles. The number of rotatable bonds is 6. The Balaban J connectivity index is 1.46. The van der Waals surface area contributed by atoms with E-state index in [1.807, 2.05) is 30.3 Å². The van der Waals surface area contributed by atoms with Crippen LogP contribution in [0.3, 0.4) is 0 Å². The van der Waals surface area contributed by atoms with Gasteiger partial charge in [0.05, 0.1) is 30.2 Å². The first-order valence-electron chi connectivity index (χ1n) is 10.6. The number of nitrogens with one attached hydrogen (secondary N) is 1. The number of hydrogen-bond acceptors (Lipinski definition) is 8. The van der Waals surface area contributed by atoms with Crippen molar-refractivity contribution in [2.24, 2.45) is 0 Å². The van der Waals surface area contributed by atoms with Gasteiger partial charge in [0, 0.05) is 12.6 Å². The van der Waals surface area contributed by atoms with Gasteiger partial charge in [-0.2, -0.15) is 0 Å². The van der Waals surface area contributed by atoms with Crippen molar-refractivity contribution in [2.75, 3.05) is 6.61 Å². The van der Waals surface area contributed by atoms with Gasteiger partial charge in [-0.3, -0.25) is 14.3 Å². The summed E-state index contributed by atoms with van der Waals surface area (Å²) in [5.74, 6) is 1.33. The summed E-state index contributed by atoms with van der Waals surface area (Å²) >= 11 is 0. The number of aromatic nitrogens is 5. The van der Waals surface area contributed by atoms with Crippen LogP contribution in [0, 0.1) is 0 Å². The molecule has 11 heteroatoms. The molecule has 0 aliphatic carbocycles. The Morgan fingerprint density at radius 1 is 1.09 bits per heavy atom. The summed E-state index contributed by atoms with van der Waals surface area (Å²) in [6.07, 6.45) is 0.276. The molecule has 174 valence electrons. The number of hydrogen-bond donors (Lipinski definition) is 3. The molecule has 3 N–H and O–H groups in total. The second-order valence-electron chi connectivity index (χ2n) is 7.76. The molecule has 3 heterocycles. The van der Waals surface area contributed by atoms with Gasteiger partial charge < -0.3 is 19.7 Å². The van der Waals surface area contributed by atoms with Crippen molar-refractivity contribution in [3.8, 4) is 28.4 Å². The first kappa shape index (κ1) is 21.8. The van der Waals surface area contributed by atoms with Crippen molar-refractivity contribution in [3.63, 3.8) is 0 Å². The zero-order valence-electron chi connectivity index (χ0n) is 17.8. The molecular formula is C23H21N5O6. The first-order chi connectivity index (χ1) is 16.5. The fraction of sp³-hybridized carbons (Fsp3) is 0.217. The van der Waals surface area contributed by atoms with E-state index in [2.05, 4.69) is 15.3 Å². The highest BCUT2D eigenvalue weighted by atomic mass is 16.5. The molecule has 2 aromatic heterocycles. The van der Waals surface area contributed by atoms with E-state index in [1.54, 1.807) is 24.3 Å². The van der Waals surface area contributed by atoms with Gasteiger partial charge in [0.2, 0.25) is 0 Å². The van der Waals surface area contributed by atoms with Gasteiger partial charge in [0.25, 0.3) is 5.56 Å². The average Bonchev–Trinajstić information content (AvgIpc) is 3.47. The monoisotopic (exact) mass is 463 g/mol. The van der Waals surface area contributed by atoms with E-state index in [0.717, 1.165) is 0 Å². The Bertz CT molecular complexity index is 1400. The molecule has 4 aromatic rings. The van der Waals surface area contributed by atoms with Gasteiger partial charge in [-0.25, -0.2) is 9.48 Å². The number of ether oxygens (including phenoxy) is 2. The third-order valence-electron chi connectivity index (χ3n) is 5.55. The lowest BCUT2D eigenvalue weighted by Crippen LogP contribution is -2.33. The fourth-order valence-electron chi connectivity index (χ4n) is 3.82. The number of aliphatic hydroxyl groups excluding tert-OH is 2. The van der Waals surface area contributed by atoms with Crippen LogP contribution in [-0.2, 0) is 4.74 Å². The van der Waals surface area contributed by atoms with Gasteiger partial charge in [-0.15, -0.1) is 5.10 Å². The summed E-state index contributed by atoms with van der Waals surface area (Å²) in [7, 11) is 0. The molecule has 1 fully saturated rings. The van der Waals surface area contributed by atoms with Gasteiger partial charge in [-0.05, 0) is 36.4 Å². The lowest BCUT2D eigenvalue weighted by molar-refractivity contribution is -0.0458. The minimum Gasteiger partial charge on any atom is -0.457 e. The highest BCUT2D eigenvalue weighted by Gasteiger charge is 2.35. The largest absolute Gasteiger partial charge is 0.457 e. The SMILES string of the molecule is O=c1[nH]c(=O)n(C2CC(O)C(CO)O2)cc1-c1cnnn1-c1ccc(Oc2ccccc2)cc1. The smallest absolute Gasteiger partial charge is 0.330 e. The molecule has 5 rings (SSSR count). The van der Waals surface area contributed by atoms with E-state index >= 15 is 0 Å². The summed E-state index contributed by atoms with van der Waals surface area (Å²) in [6.45, 7) is -0.386. The van der Waals surface area contributed by atoms with Crippen LogP contribution in [0.2, 0.25) is 0 Å².